The highest BCUT2D eigenvalue weighted by Crippen LogP contribution is 2.23. The number of hydrogen-bond donors (Lipinski definition) is 1. The van der Waals surface area contributed by atoms with Crippen molar-refractivity contribution < 1.29 is 13.9 Å². The van der Waals surface area contributed by atoms with Crippen LogP contribution in [-0.2, 0) is 0 Å². The highest BCUT2D eigenvalue weighted by atomic mass is 19.1. The van der Waals surface area contributed by atoms with Crippen LogP contribution in [0.4, 0.5) is 4.39 Å². The molecule has 1 aromatic carbocycles. The first kappa shape index (κ1) is 12.3. The van der Waals surface area contributed by atoms with Crippen LogP contribution in [0.25, 0.3) is 11.0 Å². The fraction of sp³-hybridized carbons (Fsp3) is 0.0667. The van der Waals surface area contributed by atoms with Crippen molar-refractivity contribution in [2.75, 3.05) is 7.11 Å². The predicted molar refractivity (Wildman–Crippen MR) is 72.5 cm³/mol. The Hall–Kier alpha value is -2.69. The Balaban J connectivity index is 2.09. The van der Waals surface area contributed by atoms with Gasteiger partial charge in [0.2, 0.25) is 0 Å². The summed E-state index contributed by atoms with van der Waals surface area (Å²) in [7, 11) is 1.45. The maximum absolute atomic E-state index is 14.0. The summed E-state index contributed by atoms with van der Waals surface area (Å²) in [6, 6.07) is 7.68. The molecule has 0 bridgehead atoms. The summed E-state index contributed by atoms with van der Waals surface area (Å²) in [6.07, 6.45) is 3.17. The van der Waals surface area contributed by atoms with Crippen LogP contribution in [0.2, 0.25) is 0 Å². The Labute approximate surface area is 114 Å². The number of nitrogens with one attached hydrogen (secondary N) is 1. The molecule has 5 heteroatoms. The average molecular weight is 270 g/mol. The van der Waals surface area contributed by atoms with Gasteiger partial charge in [-0.2, -0.15) is 0 Å². The molecule has 0 radical (unpaired) electrons. The molecule has 1 N–H and O–H groups in total. The van der Waals surface area contributed by atoms with Gasteiger partial charge in [-0.15, -0.1) is 0 Å². The molecule has 4 nitrogen and oxygen atoms in total. The Kier molecular flexibility index (Phi) is 2.95. The van der Waals surface area contributed by atoms with Crippen molar-refractivity contribution in [2.45, 2.75) is 0 Å². The second-order valence-corrected chi connectivity index (χ2v) is 4.28. The lowest BCUT2D eigenvalue weighted by Crippen LogP contribution is -2.04. The molecule has 20 heavy (non-hydrogen) atoms. The van der Waals surface area contributed by atoms with E-state index in [1.807, 2.05) is 0 Å². The summed E-state index contributed by atoms with van der Waals surface area (Å²) in [5, 5.41) is 0.674. The number of carbonyl (C=O) groups is 1. The third kappa shape index (κ3) is 1.93. The third-order valence-corrected chi connectivity index (χ3v) is 3.12. The van der Waals surface area contributed by atoms with Gasteiger partial charge in [-0.05, 0) is 24.3 Å². The molecule has 0 aliphatic rings. The zero-order valence-electron chi connectivity index (χ0n) is 10.7. The van der Waals surface area contributed by atoms with Crippen LogP contribution >= 0.6 is 0 Å². The molecule has 0 aliphatic carbocycles. The van der Waals surface area contributed by atoms with E-state index in [1.54, 1.807) is 30.6 Å². The Bertz CT molecular complexity index is 795. The molecule has 100 valence electrons. The van der Waals surface area contributed by atoms with Crippen molar-refractivity contribution in [3.63, 3.8) is 0 Å². The number of hydrogen-bond acceptors (Lipinski definition) is 3. The maximum atomic E-state index is 14.0. The smallest absolute Gasteiger partial charge is 0.198 e. The first-order valence-electron chi connectivity index (χ1n) is 6.01. The highest BCUT2D eigenvalue weighted by Gasteiger charge is 2.18. The molecule has 0 unspecified atom stereocenters. The SMILES string of the molecule is COc1ccc(C(=O)c2c[nH]c3ncccc23)c(F)c1. The van der Waals surface area contributed by atoms with E-state index < -0.39 is 5.82 Å². The van der Waals surface area contributed by atoms with Crippen molar-refractivity contribution in [3.05, 3.63) is 59.7 Å². The summed E-state index contributed by atoms with van der Waals surface area (Å²) in [4.78, 5) is 19.4. The largest absolute Gasteiger partial charge is 0.497 e. The number of ether oxygens (including phenoxy) is 1. The van der Waals surface area contributed by atoms with E-state index in [-0.39, 0.29) is 11.3 Å². The van der Waals surface area contributed by atoms with Crippen molar-refractivity contribution in [1.29, 1.82) is 0 Å². The zero-order valence-corrected chi connectivity index (χ0v) is 10.7. The van der Waals surface area contributed by atoms with Gasteiger partial charge in [-0.1, -0.05) is 0 Å². The number of pyridine rings is 1. The standard InChI is InChI=1S/C15H11FN2O2/c1-20-9-4-5-11(13(16)7-9)14(19)12-8-18-15-10(12)3-2-6-17-15/h2-8H,1H3,(H,17,18). The summed E-state index contributed by atoms with van der Waals surface area (Å²) in [5.74, 6) is -0.614. The van der Waals surface area contributed by atoms with Crippen LogP contribution in [0.15, 0.2) is 42.7 Å². The van der Waals surface area contributed by atoms with E-state index in [0.29, 0.717) is 22.3 Å². The molecule has 2 aromatic heterocycles. The highest BCUT2D eigenvalue weighted by molar-refractivity contribution is 6.16. The molecule has 2 heterocycles. The van der Waals surface area contributed by atoms with Gasteiger partial charge in [-0.25, -0.2) is 9.37 Å². The number of methoxy groups -OCH3 is 1. The molecule has 0 atom stereocenters. The lowest BCUT2D eigenvalue weighted by molar-refractivity contribution is 0.103. The van der Waals surface area contributed by atoms with Crippen LogP contribution in [-0.4, -0.2) is 22.9 Å². The van der Waals surface area contributed by atoms with E-state index in [1.165, 1.54) is 19.2 Å². The number of benzene rings is 1. The monoisotopic (exact) mass is 270 g/mol. The second kappa shape index (κ2) is 4.77. The summed E-state index contributed by atoms with van der Waals surface area (Å²) < 4.78 is 18.9. The Morgan fingerprint density at radius 1 is 1.30 bits per heavy atom. The van der Waals surface area contributed by atoms with Gasteiger partial charge in [0.1, 0.15) is 17.2 Å². The lowest BCUT2D eigenvalue weighted by Gasteiger charge is -2.04. The number of carbonyl (C=O) groups excluding carboxylic acids is 1. The number of ketones is 1. The second-order valence-electron chi connectivity index (χ2n) is 4.28. The van der Waals surface area contributed by atoms with Gasteiger partial charge in [0.15, 0.2) is 5.78 Å². The van der Waals surface area contributed by atoms with E-state index in [9.17, 15) is 9.18 Å². The van der Waals surface area contributed by atoms with Crippen LogP contribution < -0.4 is 4.74 Å². The van der Waals surface area contributed by atoms with Gasteiger partial charge in [0.05, 0.1) is 12.7 Å². The number of nitrogens with zero attached hydrogens (tertiary/aromatic N) is 1. The third-order valence-electron chi connectivity index (χ3n) is 3.12. The maximum Gasteiger partial charge on any atom is 0.198 e. The molecule has 0 aliphatic heterocycles. The molecule has 0 saturated heterocycles. The van der Waals surface area contributed by atoms with Crippen LogP contribution in [0.5, 0.6) is 5.75 Å². The van der Waals surface area contributed by atoms with E-state index in [4.69, 9.17) is 4.74 Å². The minimum Gasteiger partial charge on any atom is -0.497 e. The molecule has 0 fully saturated rings. The first-order valence-corrected chi connectivity index (χ1v) is 6.01. The number of fused-ring (bicyclic) bond motifs is 1. The zero-order chi connectivity index (χ0) is 14.1. The average Bonchev–Trinajstić information content (AvgIpc) is 2.90. The number of halogens is 1. The molecular formula is C15H11FN2O2. The van der Waals surface area contributed by atoms with Crippen LogP contribution in [0, 0.1) is 5.82 Å². The normalized spacial score (nSPS) is 10.7. The van der Waals surface area contributed by atoms with E-state index >= 15 is 0 Å². The minimum atomic E-state index is -0.604. The quantitative estimate of drug-likeness (QED) is 0.744. The van der Waals surface area contributed by atoms with E-state index in [2.05, 4.69) is 9.97 Å². The van der Waals surface area contributed by atoms with Crippen molar-refractivity contribution in [1.82, 2.24) is 9.97 Å². The molecular weight excluding hydrogens is 259 g/mol. The Morgan fingerprint density at radius 3 is 2.90 bits per heavy atom. The van der Waals surface area contributed by atoms with Crippen LogP contribution in [0.3, 0.4) is 0 Å². The number of H-pyrrole nitrogens is 1. The molecule has 0 amide bonds. The molecule has 3 rings (SSSR count). The predicted octanol–water partition coefficient (Wildman–Crippen LogP) is 2.94. The number of aromatic amines is 1. The topological polar surface area (TPSA) is 55.0 Å². The first-order chi connectivity index (χ1) is 9.70. The summed E-state index contributed by atoms with van der Waals surface area (Å²) in [5.41, 5.74) is 1.01. The van der Waals surface area contributed by atoms with Crippen molar-refractivity contribution in [3.8, 4) is 5.75 Å². The summed E-state index contributed by atoms with van der Waals surface area (Å²) in [6.45, 7) is 0. The van der Waals surface area contributed by atoms with Gasteiger partial charge in [0, 0.05) is 29.4 Å². The fourth-order valence-corrected chi connectivity index (χ4v) is 2.10. The fourth-order valence-electron chi connectivity index (χ4n) is 2.10. The summed E-state index contributed by atoms with van der Waals surface area (Å²) >= 11 is 0. The number of aromatic nitrogens is 2. The molecule has 0 saturated carbocycles. The lowest BCUT2D eigenvalue weighted by atomic mass is 10.0. The van der Waals surface area contributed by atoms with Crippen molar-refractivity contribution >= 4 is 16.8 Å². The molecule has 0 spiro atoms. The van der Waals surface area contributed by atoms with Gasteiger partial charge >= 0.3 is 0 Å². The van der Waals surface area contributed by atoms with Crippen molar-refractivity contribution in [2.24, 2.45) is 0 Å². The van der Waals surface area contributed by atoms with Gasteiger partial charge < -0.3 is 9.72 Å². The Morgan fingerprint density at radius 2 is 2.15 bits per heavy atom. The number of rotatable bonds is 3. The minimum absolute atomic E-state index is 0.00977. The molecule has 3 aromatic rings. The van der Waals surface area contributed by atoms with Crippen LogP contribution in [0.1, 0.15) is 15.9 Å². The van der Waals surface area contributed by atoms with Gasteiger partial charge in [0.25, 0.3) is 0 Å². The van der Waals surface area contributed by atoms with Gasteiger partial charge in [-0.3, -0.25) is 4.79 Å². The van der Waals surface area contributed by atoms with E-state index in [0.717, 1.165) is 0 Å².